The van der Waals surface area contributed by atoms with Crippen LogP contribution in [0.25, 0.3) is 11.3 Å². The number of rotatable bonds is 2. The Morgan fingerprint density at radius 1 is 1.21 bits per heavy atom. The number of thioether (sulfide) groups is 1. The summed E-state index contributed by atoms with van der Waals surface area (Å²) >= 11 is 1.40. The minimum atomic E-state index is -0.342. The summed E-state index contributed by atoms with van der Waals surface area (Å²) < 4.78 is 2.53. The van der Waals surface area contributed by atoms with E-state index in [0.717, 1.165) is 4.57 Å². The van der Waals surface area contributed by atoms with E-state index in [1.165, 1.54) is 23.4 Å². The monoisotopic (exact) mass is 278 g/mol. The molecule has 0 spiro atoms. The van der Waals surface area contributed by atoms with Crippen molar-refractivity contribution in [1.29, 1.82) is 0 Å². The summed E-state index contributed by atoms with van der Waals surface area (Å²) in [6.07, 6.45) is 3.48. The molecule has 0 radical (unpaired) electrons. The maximum Gasteiger partial charge on any atom is 0.330 e. The molecule has 0 fully saturated rings. The van der Waals surface area contributed by atoms with Crippen molar-refractivity contribution in [1.82, 2.24) is 19.1 Å². The summed E-state index contributed by atoms with van der Waals surface area (Å²) in [7, 11) is 3.10. The highest BCUT2D eigenvalue weighted by atomic mass is 32.2. The van der Waals surface area contributed by atoms with E-state index in [1.807, 2.05) is 6.26 Å². The second kappa shape index (κ2) is 5.00. The molecule has 0 aromatic carbocycles. The first-order valence-electron chi connectivity index (χ1n) is 5.61. The van der Waals surface area contributed by atoms with Crippen LogP contribution in [0.5, 0.6) is 0 Å². The summed E-state index contributed by atoms with van der Waals surface area (Å²) in [5.41, 5.74) is 0.881. The van der Waals surface area contributed by atoms with Crippen molar-refractivity contribution in [2.24, 2.45) is 14.1 Å². The molecule has 0 saturated carbocycles. The molecule has 2 aromatic heterocycles. The van der Waals surface area contributed by atoms with Crippen LogP contribution in [0.4, 0.5) is 0 Å². The molecule has 100 valence electrons. The van der Waals surface area contributed by atoms with E-state index in [4.69, 9.17) is 0 Å². The lowest BCUT2D eigenvalue weighted by molar-refractivity contribution is 0.670. The zero-order valence-corrected chi connectivity index (χ0v) is 12.0. The Bertz CT molecular complexity index is 748. The fourth-order valence-electron chi connectivity index (χ4n) is 1.82. The summed E-state index contributed by atoms with van der Waals surface area (Å²) in [5.74, 6) is 0. The number of aromatic nitrogens is 4. The molecule has 19 heavy (non-hydrogen) atoms. The second-order valence-electron chi connectivity index (χ2n) is 4.09. The fourth-order valence-corrected chi connectivity index (χ4v) is 2.17. The van der Waals surface area contributed by atoms with Gasteiger partial charge in [-0.3, -0.25) is 9.36 Å². The molecule has 0 aliphatic rings. The molecule has 0 N–H and O–H groups in total. The van der Waals surface area contributed by atoms with Gasteiger partial charge >= 0.3 is 5.69 Å². The molecular formula is C12H14N4O2S. The Labute approximate surface area is 114 Å². The van der Waals surface area contributed by atoms with Crippen molar-refractivity contribution >= 4 is 11.8 Å². The molecule has 2 heterocycles. The molecule has 0 aliphatic carbocycles. The molecule has 0 unspecified atom stereocenters. The summed E-state index contributed by atoms with van der Waals surface area (Å²) in [5, 5.41) is 0.591. The van der Waals surface area contributed by atoms with Gasteiger partial charge in [0.1, 0.15) is 0 Å². The quantitative estimate of drug-likeness (QED) is 0.593. The highest BCUT2D eigenvalue weighted by molar-refractivity contribution is 7.98. The van der Waals surface area contributed by atoms with Crippen molar-refractivity contribution in [3.8, 4) is 11.3 Å². The van der Waals surface area contributed by atoms with E-state index < -0.39 is 0 Å². The molecule has 0 aliphatic heterocycles. The van der Waals surface area contributed by atoms with Crippen molar-refractivity contribution in [3.63, 3.8) is 0 Å². The van der Waals surface area contributed by atoms with Crippen LogP contribution in [0.15, 0.2) is 27.0 Å². The molecule has 0 amide bonds. The third kappa shape index (κ3) is 2.21. The van der Waals surface area contributed by atoms with Crippen molar-refractivity contribution in [2.45, 2.75) is 12.1 Å². The average Bonchev–Trinajstić information content (AvgIpc) is 2.43. The van der Waals surface area contributed by atoms with Crippen molar-refractivity contribution < 1.29 is 0 Å². The van der Waals surface area contributed by atoms with Gasteiger partial charge in [0.15, 0.2) is 5.16 Å². The molecule has 0 saturated heterocycles. The van der Waals surface area contributed by atoms with Crippen LogP contribution in [0.2, 0.25) is 0 Å². The number of hydrogen-bond donors (Lipinski definition) is 0. The Morgan fingerprint density at radius 3 is 2.53 bits per heavy atom. The van der Waals surface area contributed by atoms with Gasteiger partial charge in [0.05, 0.1) is 11.3 Å². The first-order valence-corrected chi connectivity index (χ1v) is 6.84. The molecule has 0 bridgehead atoms. The Morgan fingerprint density at radius 2 is 1.89 bits per heavy atom. The normalized spacial score (nSPS) is 10.7. The lowest BCUT2D eigenvalue weighted by atomic mass is 10.1. The molecule has 0 atom stereocenters. The van der Waals surface area contributed by atoms with Gasteiger partial charge in [0.2, 0.25) is 0 Å². The average molecular weight is 278 g/mol. The van der Waals surface area contributed by atoms with E-state index in [0.29, 0.717) is 22.1 Å². The number of hydrogen-bond acceptors (Lipinski definition) is 5. The molecular weight excluding hydrogens is 264 g/mol. The summed E-state index contributed by atoms with van der Waals surface area (Å²) in [6.45, 7) is 1.74. The Hall–Kier alpha value is -1.89. The van der Waals surface area contributed by atoms with E-state index in [2.05, 4.69) is 9.97 Å². The molecule has 2 aromatic rings. The van der Waals surface area contributed by atoms with Gasteiger partial charge in [-0.25, -0.2) is 14.8 Å². The maximum absolute atomic E-state index is 12.2. The maximum atomic E-state index is 12.2. The lowest BCUT2D eigenvalue weighted by Crippen LogP contribution is -2.39. The van der Waals surface area contributed by atoms with Crippen molar-refractivity contribution in [2.75, 3.05) is 6.26 Å². The zero-order chi connectivity index (χ0) is 14.2. The number of nitrogens with zero attached hydrogens (tertiary/aromatic N) is 4. The molecule has 6 nitrogen and oxygen atoms in total. The van der Waals surface area contributed by atoms with E-state index in [9.17, 15) is 9.59 Å². The van der Waals surface area contributed by atoms with Gasteiger partial charge in [-0.05, 0) is 19.2 Å². The molecule has 7 heteroatoms. The van der Waals surface area contributed by atoms with E-state index in [-0.39, 0.29) is 11.2 Å². The highest BCUT2D eigenvalue weighted by Gasteiger charge is 2.15. The third-order valence-electron chi connectivity index (χ3n) is 3.03. The predicted molar refractivity (Wildman–Crippen MR) is 74.5 cm³/mol. The standard InChI is InChI=1S/C12H14N4O2S/c1-7-9(8-5-6-13-11(14-8)19-4)10(17)16(3)12(18)15(7)2/h5-6H,1-4H3. The summed E-state index contributed by atoms with van der Waals surface area (Å²) in [4.78, 5) is 32.4. The van der Waals surface area contributed by atoms with Crippen LogP contribution in [-0.2, 0) is 14.1 Å². The van der Waals surface area contributed by atoms with Gasteiger partial charge in [-0.2, -0.15) is 0 Å². The first kappa shape index (κ1) is 13.5. The Balaban J connectivity index is 2.83. The van der Waals surface area contributed by atoms with Crippen LogP contribution in [-0.4, -0.2) is 25.4 Å². The Kier molecular flexibility index (Phi) is 3.57. The minimum Gasteiger partial charge on any atom is -0.300 e. The lowest BCUT2D eigenvalue weighted by Gasteiger charge is -2.11. The predicted octanol–water partition coefficient (Wildman–Crippen LogP) is 0.571. The topological polar surface area (TPSA) is 69.8 Å². The van der Waals surface area contributed by atoms with Gasteiger partial charge in [0, 0.05) is 26.0 Å². The second-order valence-corrected chi connectivity index (χ2v) is 4.87. The van der Waals surface area contributed by atoms with E-state index >= 15 is 0 Å². The van der Waals surface area contributed by atoms with Crippen LogP contribution in [0, 0.1) is 6.92 Å². The highest BCUT2D eigenvalue weighted by Crippen LogP contribution is 2.17. The largest absolute Gasteiger partial charge is 0.330 e. The fraction of sp³-hybridized carbons (Fsp3) is 0.333. The smallest absolute Gasteiger partial charge is 0.300 e. The van der Waals surface area contributed by atoms with Crippen LogP contribution < -0.4 is 11.2 Å². The van der Waals surface area contributed by atoms with E-state index in [1.54, 1.807) is 26.2 Å². The van der Waals surface area contributed by atoms with Crippen molar-refractivity contribution in [3.05, 3.63) is 38.8 Å². The van der Waals surface area contributed by atoms with Gasteiger partial charge in [-0.15, -0.1) is 0 Å². The molecule has 2 rings (SSSR count). The van der Waals surface area contributed by atoms with Gasteiger partial charge < -0.3 is 4.57 Å². The summed E-state index contributed by atoms with van der Waals surface area (Å²) in [6, 6.07) is 1.67. The minimum absolute atomic E-state index is 0.341. The van der Waals surface area contributed by atoms with Crippen LogP contribution in [0.1, 0.15) is 5.69 Å². The SMILES string of the molecule is CSc1nccc(-c2c(C)n(C)c(=O)n(C)c2=O)n1. The van der Waals surface area contributed by atoms with Gasteiger partial charge in [-0.1, -0.05) is 11.8 Å². The third-order valence-corrected chi connectivity index (χ3v) is 3.59. The van der Waals surface area contributed by atoms with Gasteiger partial charge in [0.25, 0.3) is 5.56 Å². The first-order chi connectivity index (χ1) is 8.97. The zero-order valence-electron chi connectivity index (χ0n) is 11.2. The van der Waals surface area contributed by atoms with Crippen LogP contribution >= 0.6 is 11.8 Å². The van der Waals surface area contributed by atoms with Crippen LogP contribution in [0.3, 0.4) is 0 Å².